The third-order valence-electron chi connectivity index (χ3n) is 2.24. The zero-order chi connectivity index (χ0) is 10.6. The third-order valence-corrected chi connectivity index (χ3v) is 3.24. The number of aryl methyl sites for hydroxylation is 2. The van der Waals surface area contributed by atoms with Crippen LogP contribution in [0.1, 0.15) is 30.3 Å². The van der Waals surface area contributed by atoms with Crippen molar-refractivity contribution in [3.05, 3.63) is 10.6 Å². The molecule has 0 fully saturated rings. The number of hydrogen-bond donors (Lipinski definition) is 2. The number of nitrogens with one attached hydrogen (secondary N) is 1. The summed E-state index contributed by atoms with van der Waals surface area (Å²) in [4.78, 5) is 5.72. The second kappa shape index (κ2) is 5.32. The Labute approximate surface area is 89.7 Å². The molecule has 1 rings (SSSR count). The Morgan fingerprint density at radius 3 is 2.71 bits per heavy atom. The van der Waals surface area contributed by atoms with E-state index < -0.39 is 0 Å². The van der Waals surface area contributed by atoms with Gasteiger partial charge in [-0.25, -0.2) is 4.98 Å². The molecule has 3 N–H and O–H groups in total. The number of hydrogen-bond acceptors (Lipinski definition) is 4. The van der Waals surface area contributed by atoms with E-state index in [9.17, 15) is 0 Å². The van der Waals surface area contributed by atoms with Crippen molar-refractivity contribution in [3.63, 3.8) is 0 Å². The van der Waals surface area contributed by atoms with Gasteiger partial charge in [-0.2, -0.15) is 0 Å². The van der Waals surface area contributed by atoms with Crippen molar-refractivity contribution in [2.24, 2.45) is 5.73 Å². The van der Waals surface area contributed by atoms with Gasteiger partial charge in [-0.05, 0) is 40.2 Å². The molecule has 1 aromatic heterocycles. The van der Waals surface area contributed by atoms with Crippen molar-refractivity contribution in [2.45, 2.75) is 39.7 Å². The molecule has 1 aromatic rings. The van der Waals surface area contributed by atoms with E-state index >= 15 is 0 Å². The zero-order valence-electron chi connectivity index (χ0n) is 9.13. The van der Waals surface area contributed by atoms with E-state index in [4.69, 9.17) is 5.73 Å². The van der Waals surface area contributed by atoms with Crippen molar-refractivity contribution in [3.8, 4) is 0 Å². The third kappa shape index (κ3) is 3.27. The summed E-state index contributed by atoms with van der Waals surface area (Å²) >= 11 is 1.72. The van der Waals surface area contributed by atoms with Gasteiger partial charge in [-0.1, -0.05) is 0 Å². The van der Waals surface area contributed by atoms with Crippen LogP contribution in [-0.4, -0.2) is 17.6 Å². The lowest BCUT2D eigenvalue weighted by Crippen LogP contribution is -2.16. The maximum absolute atomic E-state index is 5.46. The van der Waals surface area contributed by atoms with E-state index in [0.29, 0.717) is 6.04 Å². The summed E-state index contributed by atoms with van der Waals surface area (Å²) in [7, 11) is 0. The highest BCUT2D eigenvalue weighted by Crippen LogP contribution is 2.22. The van der Waals surface area contributed by atoms with Gasteiger partial charge in [0.25, 0.3) is 0 Å². The van der Waals surface area contributed by atoms with Crippen molar-refractivity contribution in [1.29, 1.82) is 0 Å². The number of rotatable bonds is 5. The fourth-order valence-corrected chi connectivity index (χ4v) is 2.17. The van der Waals surface area contributed by atoms with Crippen molar-refractivity contribution in [1.82, 2.24) is 4.98 Å². The molecule has 0 saturated heterocycles. The average molecular weight is 213 g/mol. The monoisotopic (exact) mass is 213 g/mol. The highest BCUT2D eigenvalue weighted by Gasteiger charge is 2.06. The zero-order valence-corrected chi connectivity index (χ0v) is 9.95. The van der Waals surface area contributed by atoms with Gasteiger partial charge >= 0.3 is 0 Å². The summed E-state index contributed by atoms with van der Waals surface area (Å²) < 4.78 is 0. The summed E-state index contributed by atoms with van der Waals surface area (Å²) in [6, 6.07) is 0.462. The van der Waals surface area contributed by atoms with Gasteiger partial charge < -0.3 is 11.1 Å². The lowest BCUT2D eigenvalue weighted by atomic mass is 10.2. The van der Waals surface area contributed by atoms with Gasteiger partial charge in [0.05, 0.1) is 5.69 Å². The highest BCUT2D eigenvalue weighted by atomic mass is 32.1. The lowest BCUT2D eigenvalue weighted by Gasteiger charge is -2.11. The quantitative estimate of drug-likeness (QED) is 0.789. The molecule has 0 saturated carbocycles. The maximum atomic E-state index is 5.46. The molecule has 1 unspecified atom stereocenters. The molecule has 1 heterocycles. The molecule has 4 heteroatoms. The van der Waals surface area contributed by atoms with Gasteiger partial charge in [0.1, 0.15) is 0 Å². The first-order chi connectivity index (χ1) is 6.63. The second-order valence-corrected chi connectivity index (χ2v) is 4.84. The number of aromatic nitrogens is 1. The Bertz CT molecular complexity index is 263. The molecule has 0 bridgehead atoms. The van der Waals surface area contributed by atoms with Crippen LogP contribution in [0.25, 0.3) is 0 Å². The summed E-state index contributed by atoms with van der Waals surface area (Å²) in [6.45, 7) is 7.08. The Kier molecular flexibility index (Phi) is 4.35. The van der Waals surface area contributed by atoms with Crippen molar-refractivity contribution < 1.29 is 0 Å². The van der Waals surface area contributed by atoms with Crippen LogP contribution in [0.15, 0.2) is 0 Å². The summed E-state index contributed by atoms with van der Waals surface area (Å²) in [5.41, 5.74) is 6.59. The Morgan fingerprint density at radius 2 is 2.21 bits per heavy atom. The van der Waals surface area contributed by atoms with Crippen LogP contribution >= 0.6 is 11.3 Å². The topological polar surface area (TPSA) is 50.9 Å². The molecule has 0 aromatic carbocycles. The first kappa shape index (κ1) is 11.5. The van der Waals surface area contributed by atoms with E-state index in [2.05, 4.69) is 24.1 Å². The van der Waals surface area contributed by atoms with Crippen LogP contribution in [0.4, 0.5) is 5.13 Å². The molecule has 3 nitrogen and oxygen atoms in total. The molecule has 0 spiro atoms. The summed E-state index contributed by atoms with van der Waals surface area (Å²) in [5.74, 6) is 0. The summed E-state index contributed by atoms with van der Waals surface area (Å²) in [6.07, 6.45) is 2.17. The fourth-order valence-electron chi connectivity index (χ4n) is 1.24. The minimum atomic E-state index is 0.462. The molecule has 14 heavy (non-hydrogen) atoms. The van der Waals surface area contributed by atoms with Gasteiger partial charge in [0.15, 0.2) is 5.13 Å². The molecule has 0 radical (unpaired) electrons. The molecule has 1 atom stereocenters. The van der Waals surface area contributed by atoms with Crippen LogP contribution in [0, 0.1) is 13.8 Å². The predicted octanol–water partition coefficient (Wildman–Crippen LogP) is 2.30. The predicted molar refractivity (Wildman–Crippen MR) is 63.0 cm³/mol. The Balaban J connectivity index is 2.43. The highest BCUT2D eigenvalue weighted by molar-refractivity contribution is 7.15. The molecule has 0 aliphatic heterocycles. The standard InChI is InChI=1S/C10H19N3S/c1-7(5-4-6-11)12-10-13-8(2)9(3)14-10/h7H,4-6,11H2,1-3H3,(H,12,13). The van der Waals surface area contributed by atoms with E-state index in [-0.39, 0.29) is 0 Å². The average Bonchev–Trinajstić information content (AvgIpc) is 2.42. The van der Waals surface area contributed by atoms with Gasteiger partial charge in [-0.15, -0.1) is 11.3 Å². The fraction of sp³-hybridized carbons (Fsp3) is 0.700. The molecule has 0 amide bonds. The Morgan fingerprint density at radius 1 is 1.50 bits per heavy atom. The van der Waals surface area contributed by atoms with Crippen LogP contribution in [0.3, 0.4) is 0 Å². The van der Waals surface area contributed by atoms with Crippen LogP contribution in [0.5, 0.6) is 0 Å². The molecular weight excluding hydrogens is 194 g/mol. The van der Waals surface area contributed by atoms with Crippen LogP contribution in [-0.2, 0) is 0 Å². The minimum absolute atomic E-state index is 0.462. The molecule has 0 aliphatic carbocycles. The second-order valence-electron chi connectivity index (χ2n) is 3.64. The van der Waals surface area contributed by atoms with Crippen LogP contribution in [0.2, 0.25) is 0 Å². The molecule has 0 aliphatic rings. The first-order valence-electron chi connectivity index (χ1n) is 5.04. The number of nitrogens with zero attached hydrogens (tertiary/aromatic N) is 1. The number of anilines is 1. The van der Waals surface area contributed by atoms with Crippen LogP contribution < -0.4 is 11.1 Å². The van der Waals surface area contributed by atoms with Gasteiger partial charge in [0.2, 0.25) is 0 Å². The van der Waals surface area contributed by atoms with E-state index in [1.165, 1.54) is 4.88 Å². The summed E-state index contributed by atoms with van der Waals surface area (Å²) in [5, 5.41) is 4.42. The van der Waals surface area contributed by atoms with E-state index in [0.717, 1.165) is 30.2 Å². The largest absolute Gasteiger partial charge is 0.359 e. The minimum Gasteiger partial charge on any atom is -0.359 e. The number of nitrogens with two attached hydrogens (primary N) is 1. The molecule has 80 valence electrons. The van der Waals surface area contributed by atoms with E-state index in [1.807, 2.05) is 6.92 Å². The van der Waals surface area contributed by atoms with Crippen molar-refractivity contribution >= 4 is 16.5 Å². The maximum Gasteiger partial charge on any atom is 0.183 e. The van der Waals surface area contributed by atoms with Crippen molar-refractivity contribution in [2.75, 3.05) is 11.9 Å². The lowest BCUT2D eigenvalue weighted by molar-refractivity contribution is 0.662. The first-order valence-corrected chi connectivity index (χ1v) is 5.85. The SMILES string of the molecule is Cc1nc(NC(C)CCCN)sc1C. The number of thiazole rings is 1. The van der Waals surface area contributed by atoms with Gasteiger partial charge in [0, 0.05) is 10.9 Å². The molecular formula is C10H19N3S. The Hall–Kier alpha value is -0.610. The smallest absolute Gasteiger partial charge is 0.183 e. The van der Waals surface area contributed by atoms with E-state index in [1.54, 1.807) is 11.3 Å². The van der Waals surface area contributed by atoms with Gasteiger partial charge in [-0.3, -0.25) is 0 Å². The normalized spacial score (nSPS) is 12.9.